The molecule has 0 aliphatic heterocycles. The molecule has 0 bridgehead atoms. The number of nitrogens with zero attached hydrogens (tertiary/aromatic N) is 2. The van der Waals surface area contributed by atoms with Crippen molar-refractivity contribution in [2.75, 3.05) is 7.11 Å². The second-order valence-electron chi connectivity index (χ2n) is 3.90. The maximum absolute atomic E-state index is 10.7. The molecule has 0 atom stereocenters. The Morgan fingerprint density at radius 3 is 2.71 bits per heavy atom. The van der Waals surface area contributed by atoms with Crippen LogP contribution < -0.4 is 4.74 Å². The summed E-state index contributed by atoms with van der Waals surface area (Å²) in [5, 5.41) is 4.10. The van der Waals surface area contributed by atoms with E-state index >= 15 is 0 Å². The van der Waals surface area contributed by atoms with Gasteiger partial charge < -0.3 is 4.74 Å². The van der Waals surface area contributed by atoms with Gasteiger partial charge >= 0.3 is 0 Å². The predicted octanol–water partition coefficient (Wildman–Crippen LogP) is 2.22. The zero-order valence-electron chi connectivity index (χ0n) is 10.1. The van der Waals surface area contributed by atoms with Crippen LogP contribution in [0.4, 0.5) is 0 Å². The Labute approximate surface area is 99.8 Å². The minimum atomic E-state index is 0.421. The van der Waals surface area contributed by atoms with Crippen molar-refractivity contribution in [3.05, 3.63) is 35.5 Å². The highest BCUT2D eigenvalue weighted by atomic mass is 16.5. The molecule has 1 aromatic heterocycles. The zero-order valence-corrected chi connectivity index (χ0v) is 10.1. The Kier molecular flexibility index (Phi) is 2.95. The molecule has 4 nitrogen and oxygen atoms in total. The van der Waals surface area contributed by atoms with Gasteiger partial charge in [0.15, 0.2) is 6.29 Å². The van der Waals surface area contributed by atoms with Gasteiger partial charge in [-0.25, -0.2) is 0 Å². The highest BCUT2D eigenvalue weighted by molar-refractivity contribution is 5.77. The average Bonchev–Trinajstić information content (AvgIpc) is 2.70. The third-order valence-corrected chi connectivity index (χ3v) is 2.65. The van der Waals surface area contributed by atoms with Crippen LogP contribution in [-0.4, -0.2) is 23.2 Å². The average molecular weight is 230 g/mol. The Bertz CT molecular complexity index is 559. The molecular weight excluding hydrogens is 216 g/mol. The van der Waals surface area contributed by atoms with E-state index in [4.69, 9.17) is 4.74 Å². The van der Waals surface area contributed by atoms with Gasteiger partial charge in [0, 0.05) is 12.6 Å². The summed E-state index contributed by atoms with van der Waals surface area (Å²) in [6, 6.07) is 7.69. The Balaban J connectivity index is 2.59. The standard InChI is InChI=1S/C13H14N2O2/c1-9-4-5-11(13(6-9)17-3)12-7-10(8-16)14-15(12)2/h4-8H,1-3H3. The lowest BCUT2D eigenvalue weighted by Crippen LogP contribution is -1.96. The minimum Gasteiger partial charge on any atom is -0.496 e. The van der Waals surface area contributed by atoms with Crippen molar-refractivity contribution in [3.63, 3.8) is 0 Å². The molecule has 2 aromatic rings. The lowest BCUT2D eigenvalue weighted by molar-refractivity contribution is 0.111. The van der Waals surface area contributed by atoms with Gasteiger partial charge in [-0.1, -0.05) is 6.07 Å². The van der Waals surface area contributed by atoms with E-state index in [2.05, 4.69) is 5.10 Å². The number of ether oxygens (including phenoxy) is 1. The van der Waals surface area contributed by atoms with Crippen molar-refractivity contribution in [1.29, 1.82) is 0 Å². The molecule has 0 saturated heterocycles. The van der Waals surface area contributed by atoms with Gasteiger partial charge in [-0.2, -0.15) is 5.10 Å². The lowest BCUT2D eigenvalue weighted by Gasteiger charge is -2.09. The smallest absolute Gasteiger partial charge is 0.170 e. The molecule has 1 aromatic carbocycles. The van der Waals surface area contributed by atoms with Crippen LogP contribution in [0.25, 0.3) is 11.3 Å². The topological polar surface area (TPSA) is 44.1 Å². The first-order valence-corrected chi connectivity index (χ1v) is 5.30. The molecule has 17 heavy (non-hydrogen) atoms. The SMILES string of the molecule is COc1cc(C)ccc1-c1cc(C=O)nn1C. The molecule has 0 radical (unpaired) electrons. The van der Waals surface area contributed by atoms with Gasteiger partial charge in [-0.15, -0.1) is 0 Å². The van der Waals surface area contributed by atoms with Gasteiger partial charge in [0.2, 0.25) is 0 Å². The molecule has 0 spiro atoms. The third-order valence-electron chi connectivity index (χ3n) is 2.65. The Morgan fingerprint density at radius 2 is 2.12 bits per heavy atom. The fourth-order valence-electron chi connectivity index (χ4n) is 1.81. The molecule has 0 aliphatic carbocycles. The van der Waals surface area contributed by atoms with Crippen molar-refractivity contribution >= 4 is 6.29 Å². The summed E-state index contributed by atoms with van der Waals surface area (Å²) in [4.78, 5) is 10.7. The van der Waals surface area contributed by atoms with Crippen LogP contribution in [0.1, 0.15) is 16.1 Å². The summed E-state index contributed by atoms with van der Waals surface area (Å²) in [5.74, 6) is 0.783. The van der Waals surface area contributed by atoms with Crippen molar-refractivity contribution in [3.8, 4) is 17.0 Å². The Morgan fingerprint density at radius 1 is 1.35 bits per heavy atom. The van der Waals surface area contributed by atoms with Crippen molar-refractivity contribution in [1.82, 2.24) is 9.78 Å². The molecular formula is C13H14N2O2. The van der Waals surface area contributed by atoms with E-state index in [0.717, 1.165) is 28.9 Å². The lowest BCUT2D eigenvalue weighted by atomic mass is 10.1. The number of hydrogen-bond acceptors (Lipinski definition) is 3. The van der Waals surface area contributed by atoms with E-state index in [0.29, 0.717) is 5.69 Å². The van der Waals surface area contributed by atoms with Crippen LogP contribution in [0.2, 0.25) is 0 Å². The largest absolute Gasteiger partial charge is 0.496 e. The van der Waals surface area contributed by atoms with Gasteiger partial charge in [-0.3, -0.25) is 9.48 Å². The summed E-state index contributed by atoms with van der Waals surface area (Å²) in [6.07, 6.45) is 0.740. The van der Waals surface area contributed by atoms with E-state index < -0.39 is 0 Å². The number of carbonyl (C=O) groups is 1. The number of hydrogen-bond donors (Lipinski definition) is 0. The minimum absolute atomic E-state index is 0.421. The molecule has 0 amide bonds. The first kappa shape index (κ1) is 11.4. The van der Waals surface area contributed by atoms with Crippen LogP contribution >= 0.6 is 0 Å². The highest BCUT2D eigenvalue weighted by Crippen LogP contribution is 2.30. The second-order valence-corrected chi connectivity index (χ2v) is 3.90. The van der Waals surface area contributed by atoms with E-state index in [1.807, 2.05) is 32.2 Å². The van der Waals surface area contributed by atoms with Gasteiger partial charge in [0.25, 0.3) is 0 Å². The second kappa shape index (κ2) is 4.41. The Hall–Kier alpha value is -2.10. The van der Waals surface area contributed by atoms with Crippen LogP contribution in [0.15, 0.2) is 24.3 Å². The summed E-state index contributed by atoms with van der Waals surface area (Å²) < 4.78 is 7.03. The maximum Gasteiger partial charge on any atom is 0.170 e. The number of benzene rings is 1. The molecule has 1 heterocycles. The molecule has 0 fully saturated rings. The molecule has 0 aliphatic rings. The van der Waals surface area contributed by atoms with Gasteiger partial charge in [0.1, 0.15) is 11.4 Å². The number of carbonyl (C=O) groups excluding carboxylic acids is 1. The van der Waals surface area contributed by atoms with Crippen LogP contribution in [-0.2, 0) is 7.05 Å². The third kappa shape index (κ3) is 2.06. The molecule has 88 valence electrons. The quantitative estimate of drug-likeness (QED) is 0.759. The number of rotatable bonds is 3. The fourth-order valence-corrected chi connectivity index (χ4v) is 1.81. The van der Waals surface area contributed by atoms with Gasteiger partial charge in [0.05, 0.1) is 12.8 Å². The first-order chi connectivity index (χ1) is 8.15. The van der Waals surface area contributed by atoms with E-state index in [1.54, 1.807) is 17.9 Å². The normalized spacial score (nSPS) is 10.3. The fraction of sp³-hybridized carbons (Fsp3) is 0.231. The molecule has 0 unspecified atom stereocenters. The monoisotopic (exact) mass is 230 g/mol. The first-order valence-electron chi connectivity index (χ1n) is 5.30. The van der Waals surface area contributed by atoms with E-state index in [1.165, 1.54) is 0 Å². The zero-order chi connectivity index (χ0) is 12.4. The number of aldehydes is 1. The molecule has 4 heteroatoms. The van der Waals surface area contributed by atoms with E-state index in [-0.39, 0.29) is 0 Å². The highest BCUT2D eigenvalue weighted by Gasteiger charge is 2.11. The number of aromatic nitrogens is 2. The number of aryl methyl sites for hydroxylation is 2. The maximum atomic E-state index is 10.7. The molecule has 2 rings (SSSR count). The van der Waals surface area contributed by atoms with Crippen LogP contribution in [0.5, 0.6) is 5.75 Å². The summed E-state index contributed by atoms with van der Waals surface area (Å²) >= 11 is 0. The van der Waals surface area contributed by atoms with Crippen molar-refractivity contribution in [2.24, 2.45) is 7.05 Å². The van der Waals surface area contributed by atoms with Crippen molar-refractivity contribution < 1.29 is 9.53 Å². The predicted molar refractivity (Wildman–Crippen MR) is 65.3 cm³/mol. The van der Waals surface area contributed by atoms with Crippen molar-refractivity contribution in [2.45, 2.75) is 6.92 Å². The molecule has 0 N–H and O–H groups in total. The van der Waals surface area contributed by atoms with Crippen LogP contribution in [0, 0.1) is 6.92 Å². The summed E-state index contributed by atoms with van der Waals surface area (Å²) in [5.41, 5.74) is 3.35. The van der Waals surface area contributed by atoms with Gasteiger partial charge in [-0.05, 0) is 30.7 Å². The summed E-state index contributed by atoms with van der Waals surface area (Å²) in [6.45, 7) is 2.01. The van der Waals surface area contributed by atoms with E-state index in [9.17, 15) is 4.79 Å². The summed E-state index contributed by atoms with van der Waals surface area (Å²) in [7, 11) is 3.44. The number of methoxy groups -OCH3 is 1. The molecule has 0 saturated carbocycles. The van der Waals surface area contributed by atoms with Crippen LogP contribution in [0.3, 0.4) is 0 Å².